The number of aryl methyl sites for hydroxylation is 1. The summed E-state index contributed by atoms with van der Waals surface area (Å²) in [5, 5.41) is 3.38. The monoisotopic (exact) mass is 236 g/mol. The van der Waals surface area contributed by atoms with Crippen LogP contribution in [-0.4, -0.2) is 17.6 Å². The van der Waals surface area contributed by atoms with Crippen LogP contribution in [0.1, 0.15) is 44.9 Å². The van der Waals surface area contributed by atoms with Gasteiger partial charge in [0.05, 0.1) is 6.10 Å². The minimum absolute atomic E-state index is 0.252. The number of pyridine rings is 1. The van der Waals surface area contributed by atoms with Gasteiger partial charge in [-0.05, 0) is 33.2 Å². The van der Waals surface area contributed by atoms with E-state index in [1.54, 1.807) is 0 Å². The van der Waals surface area contributed by atoms with Crippen LogP contribution in [0.5, 0.6) is 5.75 Å². The third-order valence-electron chi connectivity index (χ3n) is 2.73. The highest BCUT2D eigenvalue weighted by Gasteiger charge is 2.08. The Kier molecular flexibility index (Phi) is 5.98. The Morgan fingerprint density at radius 3 is 2.82 bits per heavy atom. The van der Waals surface area contributed by atoms with E-state index in [2.05, 4.69) is 31.1 Å². The molecule has 0 fully saturated rings. The molecule has 0 radical (unpaired) electrons. The average molecular weight is 236 g/mol. The highest BCUT2D eigenvalue weighted by molar-refractivity contribution is 5.33. The molecule has 0 bridgehead atoms. The van der Waals surface area contributed by atoms with Gasteiger partial charge in [0.25, 0.3) is 0 Å². The summed E-state index contributed by atoms with van der Waals surface area (Å²) >= 11 is 0. The molecule has 0 aliphatic carbocycles. The molecule has 0 saturated carbocycles. The van der Waals surface area contributed by atoms with Gasteiger partial charge in [-0.2, -0.15) is 0 Å². The van der Waals surface area contributed by atoms with Gasteiger partial charge in [-0.25, -0.2) is 0 Å². The van der Waals surface area contributed by atoms with Crippen molar-refractivity contribution in [1.82, 2.24) is 10.3 Å². The Hall–Kier alpha value is -1.09. The first-order valence-corrected chi connectivity index (χ1v) is 6.50. The summed E-state index contributed by atoms with van der Waals surface area (Å²) in [6, 6.07) is 2.02. The van der Waals surface area contributed by atoms with Crippen LogP contribution in [-0.2, 0) is 6.54 Å². The van der Waals surface area contributed by atoms with Crippen LogP contribution in [0, 0.1) is 6.92 Å². The molecule has 3 heteroatoms. The van der Waals surface area contributed by atoms with E-state index < -0.39 is 0 Å². The van der Waals surface area contributed by atoms with Crippen molar-refractivity contribution in [3.05, 3.63) is 23.5 Å². The summed E-state index contributed by atoms with van der Waals surface area (Å²) in [5.74, 6) is 0.968. The van der Waals surface area contributed by atoms with E-state index in [-0.39, 0.29) is 6.10 Å². The van der Waals surface area contributed by atoms with Gasteiger partial charge in [-0.1, -0.05) is 13.8 Å². The van der Waals surface area contributed by atoms with Crippen molar-refractivity contribution < 1.29 is 4.74 Å². The number of hydrogen-bond acceptors (Lipinski definition) is 3. The van der Waals surface area contributed by atoms with Crippen molar-refractivity contribution in [2.45, 2.75) is 53.2 Å². The summed E-state index contributed by atoms with van der Waals surface area (Å²) in [5.41, 5.74) is 2.15. The number of ether oxygens (including phenoxy) is 1. The Bertz CT molecular complexity index is 339. The van der Waals surface area contributed by atoms with E-state index >= 15 is 0 Å². The summed E-state index contributed by atoms with van der Waals surface area (Å²) in [6.07, 6.45) is 4.32. The highest BCUT2D eigenvalue weighted by Crippen LogP contribution is 2.20. The first-order valence-electron chi connectivity index (χ1n) is 6.50. The summed E-state index contributed by atoms with van der Waals surface area (Å²) in [4.78, 5) is 4.33. The number of nitrogens with one attached hydrogen (secondary N) is 1. The molecular weight excluding hydrogens is 212 g/mol. The third kappa shape index (κ3) is 4.73. The first kappa shape index (κ1) is 14.0. The quantitative estimate of drug-likeness (QED) is 0.739. The summed E-state index contributed by atoms with van der Waals surface area (Å²) in [7, 11) is 0. The lowest BCUT2D eigenvalue weighted by atomic mass is 10.2. The van der Waals surface area contributed by atoms with Crippen molar-refractivity contribution in [2.24, 2.45) is 0 Å². The van der Waals surface area contributed by atoms with Crippen LogP contribution < -0.4 is 10.1 Å². The van der Waals surface area contributed by atoms with Gasteiger partial charge in [0.15, 0.2) is 0 Å². The second-order valence-electron chi connectivity index (χ2n) is 4.45. The van der Waals surface area contributed by atoms with Crippen molar-refractivity contribution in [3.8, 4) is 5.75 Å². The van der Waals surface area contributed by atoms with Gasteiger partial charge in [0, 0.05) is 30.1 Å². The molecule has 1 aromatic heterocycles. The Labute approximate surface area is 105 Å². The second-order valence-corrected chi connectivity index (χ2v) is 4.45. The molecule has 1 aromatic rings. The lowest BCUT2D eigenvalue weighted by Crippen LogP contribution is -2.17. The highest BCUT2D eigenvalue weighted by atomic mass is 16.5. The first-order chi connectivity index (χ1) is 8.17. The zero-order chi connectivity index (χ0) is 12.7. The molecule has 0 aromatic carbocycles. The Morgan fingerprint density at radius 2 is 2.18 bits per heavy atom. The normalized spacial score (nSPS) is 12.5. The van der Waals surface area contributed by atoms with Crippen LogP contribution >= 0.6 is 0 Å². The minimum atomic E-state index is 0.252. The fourth-order valence-electron chi connectivity index (χ4n) is 1.51. The van der Waals surface area contributed by atoms with Crippen molar-refractivity contribution in [2.75, 3.05) is 6.54 Å². The molecule has 1 unspecified atom stereocenters. The maximum Gasteiger partial charge on any atom is 0.127 e. The largest absolute Gasteiger partial charge is 0.490 e. The average Bonchev–Trinajstić information content (AvgIpc) is 2.32. The van der Waals surface area contributed by atoms with Crippen LogP contribution in [0.4, 0.5) is 0 Å². The zero-order valence-electron chi connectivity index (χ0n) is 11.4. The molecule has 1 heterocycles. The molecular formula is C14H24N2O. The third-order valence-corrected chi connectivity index (χ3v) is 2.73. The molecule has 0 amide bonds. The summed E-state index contributed by atoms with van der Waals surface area (Å²) in [6.45, 7) is 10.2. The SMILES string of the molecule is CCCNCc1cnc(C)cc1OC(C)CC. The van der Waals surface area contributed by atoms with Crippen LogP contribution in [0.25, 0.3) is 0 Å². The van der Waals surface area contributed by atoms with Gasteiger partial charge < -0.3 is 10.1 Å². The minimum Gasteiger partial charge on any atom is -0.490 e. The molecule has 17 heavy (non-hydrogen) atoms. The van der Waals surface area contributed by atoms with E-state index in [1.165, 1.54) is 0 Å². The van der Waals surface area contributed by atoms with Crippen LogP contribution in [0.3, 0.4) is 0 Å². The van der Waals surface area contributed by atoms with E-state index in [1.807, 2.05) is 19.2 Å². The van der Waals surface area contributed by atoms with Crippen molar-refractivity contribution >= 4 is 0 Å². The molecule has 1 rings (SSSR count). The molecule has 96 valence electrons. The van der Waals surface area contributed by atoms with Gasteiger partial charge in [0.2, 0.25) is 0 Å². The maximum atomic E-state index is 5.93. The Morgan fingerprint density at radius 1 is 1.41 bits per heavy atom. The zero-order valence-corrected chi connectivity index (χ0v) is 11.4. The van der Waals surface area contributed by atoms with E-state index in [4.69, 9.17) is 4.74 Å². The molecule has 0 aliphatic heterocycles. The topological polar surface area (TPSA) is 34.2 Å². The standard InChI is InChI=1S/C14H24N2O/c1-5-7-15-9-13-10-16-11(3)8-14(13)17-12(4)6-2/h8,10,12,15H,5-7,9H2,1-4H3. The van der Waals surface area contributed by atoms with Gasteiger partial charge in [0.1, 0.15) is 5.75 Å². The predicted molar refractivity (Wildman–Crippen MR) is 71.4 cm³/mol. The predicted octanol–water partition coefficient (Wildman–Crippen LogP) is 3.07. The molecule has 0 saturated heterocycles. The lowest BCUT2D eigenvalue weighted by Gasteiger charge is -2.16. The molecule has 0 aliphatic rings. The molecule has 1 atom stereocenters. The molecule has 0 spiro atoms. The van der Waals surface area contributed by atoms with Crippen molar-refractivity contribution in [1.29, 1.82) is 0 Å². The fourth-order valence-corrected chi connectivity index (χ4v) is 1.51. The maximum absolute atomic E-state index is 5.93. The van der Waals surface area contributed by atoms with Gasteiger partial charge >= 0.3 is 0 Å². The number of aromatic nitrogens is 1. The smallest absolute Gasteiger partial charge is 0.127 e. The van der Waals surface area contributed by atoms with Crippen LogP contribution in [0.15, 0.2) is 12.3 Å². The lowest BCUT2D eigenvalue weighted by molar-refractivity contribution is 0.214. The second kappa shape index (κ2) is 7.28. The number of hydrogen-bond donors (Lipinski definition) is 1. The fraction of sp³-hybridized carbons (Fsp3) is 0.643. The van der Waals surface area contributed by atoms with E-state index in [0.29, 0.717) is 0 Å². The summed E-state index contributed by atoms with van der Waals surface area (Å²) < 4.78 is 5.93. The molecule has 3 nitrogen and oxygen atoms in total. The van der Waals surface area contributed by atoms with E-state index in [9.17, 15) is 0 Å². The van der Waals surface area contributed by atoms with Crippen molar-refractivity contribution in [3.63, 3.8) is 0 Å². The Balaban J connectivity index is 2.72. The van der Waals surface area contributed by atoms with Gasteiger partial charge in [-0.15, -0.1) is 0 Å². The van der Waals surface area contributed by atoms with Crippen LogP contribution in [0.2, 0.25) is 0 Å². The number of nitrogens with zero attached hydrogens (tertiary/aromatic N) is 1. The molecule has 1 N–H and O–H groups in total. The van der Waals surface area contributed by atoms with E-state index in [0.717, 1.165) is 42.9 Å². The number of rotatable bonds is 7. The van der Waals surface area contributed by atoms with Gasteiger partial charge in [-0.3, -0.25) is 4.98 Å².